The van der Waals surface area contributed by atoms with Gasteiger partial charge in [-0.15, -0.1) is 0 Å². The smallest absolute Gasteiger partial charge is 0.231 e. The molecule has 1 aromatic heterocycles. The minimum Gasteiger partial charge on any atom is -0.454 e. The van der Waals surface area contributed by atoms with Crippen molar-refractivity contribution in [3.05, 3.63) is 52.3 Å². The van der Waals surface area contributed by atoms with Crippen LogP contribution in [0.5, 0.6) is 11.5 Å². The number of aromatic nitrogens is 1. The van der Waals surface area contributed by atoms with Crippen LogP contribution in [0.3, 0.4) is 0 Å². The molecule has 4 nitrogen and oxygen atoms in total. The Hall–Kier alpha value is -1.59. The molecule has 1 aromatic carbocycles. The van der Waals surface area contributed by atoms with Gasteiger partial charge in [-0.25, -0.2) is 0 Å². The number of pyridine rings is 1. The van der Waals surface area contributed by atoms with Gasteiger partial charge in [0.25, 0.3) is 0 Å². The first kappa shape index (κ1) is 13.4. The van der Waals surface area contributed by atoms with Gasteiger partial charge in [0, 0.05) is 18.8 Å². The molecule has 20 heavy (non-hydrogen) atoms. The SMILES string of the molecule is CC(NCc1cc(Br)c2c(c1)OCO2)c1ccccn1. The van der Waals surface area contributed by atoms with E-state index in [9.17, 15) is 0 Å². The number of nitrogens with one attached hydrogen (secondary N) is 1. The summed E-state index contributed by atoms with van der Waals surface area (Å²) < 4.78 is 11.7. The number of nitrogens with zero attached hydrogens (tertiary/aromatic N) is 1. The monoisotopic (exact) mass is 334 g/mol. The van der Waals surface area contributed by atoms with E-state index in [-0.39, 0.29) is 12.8 Å². The summed E-state index contributed by atoms with van der Waals surface area (Å²) in [6, 6.07) is 10.2. The maximum atomic E-state index is 5.42. The molecule has 0 aliphatic carbocycles. The number of halogens is 1. The fourth-order valence-corrected chi connectivity index (χ4v) is 2.73. The van der Waals surface area contributed by atoms with Crippen LogP contribution in [0.1, 0.15) is 24.2 Å². The third kappa shape index (κ3) is 2.78. The molecule has 3 rings (SSSR count). The van der Waals surface area contributed by atoms with Crippen LogP contribution in [0.2, 0.25) is 0 Å². The topological polar surface area (TPSA) is 43.4 Å². The Balaban J connectivity index is 1.68. The molecule has 0 spiro atoms. The molecular formula is C15H15BrN2O2. The lowest BCUT2D eigenvalue weighted by Gasteiger charge is -2.13. The average Bonchev–Trinajstić information content (AvgIpc) is 2.94. The molecular weight excluding hydrogens is 320 g/mol. The summed E-state index contributed by atoms with van der Waals surface area (Å²) in [5.74, 6) is 1.58. The predicted molar refractivity (Wildman–Crippen MR) is 79.8 cm³/mol. The second kappa shape index (κ2) is 5.81. The summed E-state index contributed by atoms with van der Waals surface area (Å²) in [6.45, 7) is 3.13. The van der Waals surface area contributed by atoms with Crippen LogP contribution < -0.4 is 14.8 Å². The van der Waals surface area contributed by atoms with E-state index in [1.807, 2.05) is 36.5 Å². The van der Waals surface area contributed by atoms with E-state index in [0.29, 0.717) is 0 Å². The second-order valence-corrected chi connectivity index (χ2v) is 5.52. The zero-order chi connectivity index (χ0) is 13.9. The van der Waals surface area contributed by atoms with Crippen molar-refractivity contribution in [3.63, 3.8) is 0 Å². The molecule has 1 aliphatic rings. The molecule has 2 heterocycles. The Morgan fingerprint density at radius 2 is 2.25 bits per heavy atom. The minimum atomic E-state index is 0.195. The van der Waals surface area contributed by atoms with E-state index < -0.39 is 0 Å². The maximum Gasteiger partial charge on any atom is 0.231 e. The lowest BCUT2D eigenvalue weighted by molar-refractivity contribution is 0.173. The van der Waals surface area contributed by atoms with E-state index in [4.69, 9.17) is 9.47 Å². The molecule has 1 atom stereocenters. The predicted octanol–water partition coefficient (Wildman–Crippen LogP) is 3.42. The fraction of sp³-hybridized carbons (Fsp3) is 0.267. The summed E-state index contributed by atoms with van der Waals surface area (Å²) in [7, 11) is 0. The highest BCUT2D eigenvalue weighted by atomic mass is 79.9. The lowest BCUT2D eigenvalue weighted by atomic mass is 10.1. The third-order valence-electron chi connectivity index (χ3n) is 3.23. The van der Waals surface area contributed by atoms with E-state index in [1.54, 1.807) is 0 Å². The lowest BCUT2D eigenvalue weighted by Crippen LogP contribution is -2.18. The van der Waals surface area contributed by atoms with Gasteiger partial charge in [-0.05, 0) is 52.7 Å². The highest BCUT2D eigenvalue weighted by molar-refractivity contribution is 9.10. The third-order valence-corrected chi connectivity index (χ3v) is 3.82. The Morgan fingerprint density at radius 3 is 3.05 bits per heavy atom. The largest absolute Gasteiger partial charge is 0.454 e. The van der Waals surface area contributed by atoms with E-state index in [2.05, 4.69) is 33.2 Å². The van der Waals surface area contributed by atoms with Gasteiger partial charge in [-0.3, -0.25) is 4.98 Å². The highest BCUT2D eigenvalue weighted by Crippen LogP contribution is 2.40. The number of fused-ring (bicyclic) bond motifs is 1. The summed E-state index contributed by atoms with van der Waals surface area (Å²) in [5.41, 5.74) is 2.18. The molecule has 1 unspecified atom stereocenters. The van der Waals surface area contributed by atoms with Gasteiger partial charge in [0.1, 0.15) is 0 Å². The molecule has 0 fully saturated rings. The average molecular weight is 335 g/mol. The van der Waals surface area contributed by atoms with Crippen LogP contribution in [0.15, 0.2) is 41.0 Å². The molecule has 0 saturated carbocycles. The van der Waals surface area contributed by atoms with Gasteiger partial charge in [0.05, 0.1) is 10.2 Å². The molecule has 5 heteroatoms. The number of rotatable bonds is 4. The summed E-state index contributed by atoms with van der Waals surface area (Å²) in [6.07, 6.45) is 1.81. The molecule has 0 amide bonds. The van der Waals surface area contributed by atoms with Crippen molar-refractivity contribution in [1.29, 1.82) is 0 Å². The van der Waals surface area contributed by atoms with Gasteiger partial charge in [0.2, 0.25) is 6.79 Å². The standard InChI is InChI=1S/C15H15BrN2O2/c1-10(13-4-2-3-5-17-13)18-8-11-6-12(16)15-14(7-11)19-9-20-15/h2-7,10,18H,8-9H2,1H3. The van der Waals surface area contributed by atoms with Crippen LogP contribution in [-0.2, 0) is 6.54 Å². The maximum absolute atomic E-state index is 5.42. The summed E-state index contributed by atoms with van der Waals surface area (Å²) >= 11 is 3.50. The van der Waals surface area contributed by atoms with Crippen molar-refractivity contribution in [2.75, 3.05) is 6.79 Å². The van der Waals surface area contributed by atoms with Crippen molar-refractivity contribution >= 4 is 15.9 Å². The Morgan fingerprint density at radius 1 is 1.35 bits per heavy atom. The Kier molecular flexibility index (Phi) is 3.89. The van der Waals surface area contributed by atoms with Crippen molar-refractivity contribution in [1.82, 2.24) is 10.3 Å². The Labute approximate surface area is 126 Å². The highest BCUT2D eigenvalue weighted by Gasteiger charge is 2.18. The van der Waals surface area contributed by atoms with Crippen LogP contribution in [0.4, 0.5) is 0 Å². The van der Waals surface area contributed by atoms with Gasteiger partial charge < -0.3 is 14.8 Å². The van der Waals surface area contributed by atoms with Crippen LogP contribution in [0, 0.1) is 0 Å². The quantitative estimate of drug-likeness (QED) is 0.930. The zero-order valence-electron chi connectivity index (χ0n) is 11.1. The zero-order valence-corrected chi connectivity index (χ0v) is 12.7. The van der Waals surface area contributed by atoms with Gasteiger partial charge in [-0.1, -0.05) is 6.07 Å². The number of benzene rings is 1. The van der Waals surface area contributed by atoms with Gasteiger partial charge >= 0.3 is 0 Å². The molecule has 0 radical (unpaired) electrons. The van der Waals surface area contributed by atoms with Crippen LogP contribution in [0.25, 0.3) is 0 Å². The Bertz CT molecular complexity index is 604. The molecule has 1 N–H and O–H groups in total. The summed E-state index contributed by atoms with van der Waals surface area (Å²) in [5, 5.41) is 3.45. The van der Waals surface area contributed by atoms with Crippen LogP contribution in [-0.4, -0.2) is 11.8 Å². The molecule has 2 aromatic rings. The second-order valence-electron chi connectivity index (χ2n) is 4.67. The van der Waals surface area contributed by atoms with E-state index in [0.717, 1.165) is 33.8 Å². The first-order valence-corrected chi connectivity index (χ1v) is 7.25. The van der Waals surface area contributed by atoms with Crippen molar-refractivity contribution in [2.45, 2.75) is 19.5 Å². The minimum absolute atomic E-state index is 0.195. The molecule has 104 valence electrons. The first-order chi connectivity index (χ1) is 9.74. The van der Waals surface area contributed by atoms with Crippen LogP contribution >= 0.6 is 15.9 Å². The molecule has 0 saturated heterocycles. The van der Waals surface area contributed by atoms with Crippen molar-refractivity contribution in [2.24, 2.45) is 0 Å². The van der Waals surface area contributed by atoms with Gasteiger partial charge in [-0.2, -0.15) is 0 Å². The fourth-order valence-electron chi connectivity index (χ4n) is 2.13. The van der Waals surface area contributed by atoms with Crippen molar-refractivity contribution < 1.29 is 9.47 Å². The van der Waals surface area contributed by atoms with Crippen molar-refractivity contribution in [3.8, 4) is 11.5 Å². The number of hydrogen-bond acceptors (Lipinski definition) is 4. The summed E-state index contributed by atoms with van der Waals surface area (Å²) in [4.78, 5) is 4.35. The molecule has 1 aliphatic heterocycles. The van der Waals surface area contributed by atoms with Gasteiger partial charge in [0.15, 0.2) is 11.5 Å². The first-order valence-electron chi connectivity index (χ1n) is 6.46. The number of hydrogen-bond donors (Lipinski definition) is 1. The number of ether oxygens (including phenoxy) is 2. The van der Waals surface area contributed by atoms with E-state index >= 15 is 0 Å². The molecule has 0 bridgehead atoms. The normalized spacial score (nSPS) is 14.3. The van der Waals surface area contributed by atoms with E-state index in [1.165, 1.54) is 0 Å².